The second-order valence-corrected chi connectivity index (χ2v) is 12.0. The lowest BCUT2D eigenvalue weighted by atomic mass is 10.2. The summed E-state index contributed by atoms with van der Waals surface area (Å²) in [5.74, 6) is 0.164. The van der Waals surface area contributed by atoms with Crippen molar-refractivity contribution in [2.75, 3.05) is 25.6 Å². The van der Waals surface area contributed by atoms with Crippen molar-refractivity contribution in [3.8, 4) is 28.1 Å². The van der Waals surface area contributed by atoms with Gasteiger partial charge in [-0.1, -0.05) is 0 Å². The van der Waals surface area contributed by atoms with E-state index in [9.17, 15) is 22.9 Å². The molecule has 1 aliphatic rings. The average Bonchev–Trinajstić information content (AvgIpc) is 3.54. The molecule has 0 aliphatic heterocycles. The number of thiophene rings is 1. The SMILES string of the molecule is CCOc1cc(-c2cc(NCCn3c(C#N)cc4c(OC)ccc(F)c43)ncn2)sc1C(=O)C1(S(N)(=O)=O)CC1. The maximum Gasteiger partial charge on any atom is 0.222 e. The summed E-state index contributed by atoms with van der Waals surface area (Å²) in [5, 5.41) is 18.6. The van der Waals surface area contributed by atoms with E-state index < -0.39 is 26.4 Å². The van der Waals surface area contributed by atoms with E-state index in [0.29, 0.717) is 34.1 Å². The van der Waals surface area contributed by atoms with Crippen LogP contribution in [0.5, 0.6) is 11.5 Å². The number of sulfonamides is 1. The minimum Gasteiger partial charge on any atom is -0.496 e. The summed E-state index contributed by atoms with van der Waals surface area (Å²) in [6.07, 6.45) is 1.69. The van der Waals surface area contributed by atoms with E-state index in [1.54, 1.807) is 29.7 Å². The maximum atomic E-state index is 14.7. The van der Waals surface area contributed by atoms with E-state index in [2.05, 4.69) is 21.4 Å². The van der Waals surface area contributed by atoms with Gasteiger partial charge in [-0.05, 0) is 38.0 Å². The first-order valence-electron chi connectivity index (χ1n) is 12.3. The molecule has 208 valence electrons. The average molecular weight is 585 g/mol. The summed E-state index contributed by atoms with van der Waals surface area (Å²) in [7, 11) is -2.59. The molecule has 3 heterocycles. The highest BCUT2D eigenvalue weighted by Crippen LogP contribution is 2.48. The number of Topliss-reactive ketones (excluding diaryl/α,β-unsaturated/α-hetero) is 1. The Morgan fingerprint density at radius 2 is 2.05 bits per heavy atom. The fourth-order valence-corrected chi connectivity index (χ4v) is 6.79. The Labute approximate surface area is 233 Å². The van der Waals surface area contributed by atoms with Gasteiger partial charge in [-0.25, -0.2) is 27.9 Å². The molecule has 0 spiro atoms. The number of primary sulfonamides is 1. The number of ether oxygens (including phenoxy) is 2. The number of rotatable bonds is 11. The predicted octanol–water partition coefficient (Wildman–Crippen LogP) is 3.69. The Kier molecular flexibility index (Phi) is 7.21. The molecule has 0 radical (unpaired) electrons. The molecule has 14 heteroatoms. The topological polar surface area (TPSA) is 162 Å². The minimum atomic E-state index is -4.07. The van der Waals surface area contributed by atoms with Crippen LogP contribution < -0.4 is 19.9 Å². The molecule has 4 aromatic rings. The molecule has 1 fully saturated rings. The Balaban J connectivity index is 1.38. The van der Waals surface area contributed by atoms with Crippen LogP contribution in [0.2, 0.25) is 0 Å². The molecule has 3 N–H and O–H groups in total. The lowest BCUT2D eigenvalue weighted by Gasteiger charge is -2.11. The van der Waals surface area contributed by atoms with Crippen LogP contribution in [0.15, 0.2) is 36.7 Å². The van der Waals surface area contributed by atoms with Crippen LogP contribution in [0.25, 0.3) is 21.5 Å². The number of anilines is 1. The van der Waals surface area contributed by atoms with Crippen molar-refractivity contribution in [2.24, 2.45) is 5.14 Å². The molecule has 1 aliphatic carbocycles. The highest BCUT2D eigenvalue weighted by molar-refractivity contribution is 7.91. The second kappa shape index (κ2) is 10.5. The highest BCUT2D eigenvalue weighted by Gasteiger charge is 2.60. The summed E-state index contributed by atoms with van der Waals surface area (Å²) < 4.78 is 49.9. The van der Waals surface area contributed by atoms with Crippen molar-refractivity contribution in [2.45, 2.75) is 31.1 Å². The van der Waals surface area contributed by atoms with Crippen LogP contribution in [0, 0.1) is 17.1 Å². The number of ketones is 1. The quantitative estimate of drug-likeness (QED) is 0.250. The van der Waals surface area contributed by atoms with Gasteiger partial charge in [0.15, 0.2) is 5.78 Å². The van der Waals surface area contributed by atoms with E-state index in [1.807, 2.05) is 0 Å². The van der Waals surface area contributed by atoms with Gasteiger partial charge >= 0.3 is 0 Å². The standard InChI is InChI=1S/C26H25FN6O5S2/c1-3-38-20-12-21(39-24(20)25(34)26(6-7-26)40(29,35)36)18-11-22(32-14-31-18)30-8-9-33-15(13-28)10-16-19(37-2)5-4-17(27)23(16)33/h4-5,10-12,14H,3,6-9H2,1-2H3,(H2,29,35,36)(H,30,31,32). The van der Waals surface area contributed by atoms with Gasteiger partial charge in [0.1, 0.15) is 50.8 Å². The maximum absolute atomic E-state index is 14.7. The number of nitrogens with two attached hydrogens (primary N) is 1. The van der Waals surface area contributed by atoms with Gasteiger partial charge in [0.05, 0.1) is 29.8 Å². The van der Waals surface area contributed by atoms with Gasteiger partial charge in [0, 0.05) is 30.6 Å². The van der Waals surface area contributed by atoms with Gasteiger partial charge < -0.3 is 19.4 Å². The zero-order valence-corrected chi connectivity index (χ0v) is 23.2. The third kappa shape index (κ3) is 4.76. The van der Waals surface area contributed by atoms with Crippen molar-refractivity contribution in [1.82, 2.24) is 14.5 Å². The number of hydrogen-bond donors (Lipinski definition) is 2. The Bertz CT molecular complexity index is 1770. The molecule has 40 heavy (non-hydrogen) atoms. The Morgan fingerprint density at radius 3 is 2.70 bits per heavy atom. The zero-order chi connectivity index (χ0) is 28.7. The summed E-state index contributed by atoms with van der Waals surface area (Å²) in [6, 6.07) is 9.82. The lowest BCUT2D eigenvalue weighted by molar-refractivity contribution is 0.0978. The Hall–Kier alpha value is -4.06. The third-order valence-corrected chi connectivity index (χ3v) is 9.55. The smallest absolute Gasteiger partial charge is 0.222 e. The number of nitriles is 1. The number of carbonyl (C=O) groups excluding carboxylic acids is 1. The third-order valence-electron chi connectivity index (χ3n) is 6.73. The van der Waals surface area contributed by atoms with Crippen molar-refractivity contribution in [1.29, 1.82) is 5.26 Å². The van der Waals surface area contributed by atoms with Crippen LogP contribution in [0.4, 0.5) is 10.2 Å². The van der Waals surface area contributed by atoms with Gasteiger partial charge in [-0.3, -0.25) is 4.79 Å². The van der Waals surface area contributed by atoms with Gasteiger partial charge in [0.25, 0.3) is 0 Å². The summed E-state index contributed by atoms with van der Waals surface area (Å²) in [6.45, 7) is 2.61. The van der Waals surface area contributed by atoms with Crippen molar-refractivity contribution >= 4 is 43.9 Å². The molecule has 0 amide bonds. The summed E-state index contributed by atoms with van der Waals surface area (Å²) in [5.41, 5.74) is 1.05. The van der Waals surface area contributed by atoms with Crippen LogP contribution in [-0.2, 0) is 16.6 Å². The van der Waals surface area contributed by atoms with E-state index in [4.69, 9.17) is 14.6 Å². The van der Waals surface area contributed by atoms with Crippen LogP contribution in [0.3, 0.4) is 0 Å². The Morgan fingerprint density at radius 1 is 1.27 bits per heavy atom. The number of benzene rings is 1. The lowest BCUT2D eigenvalue weighted by Crippen LogP contribution is -2.37. The molecular formula is C26H25FN6O5S2. The molecule has 0 saturated heterocycles. The number of methoxy groups -OCH3 is 1. The second-order valence-electron chi connectivity index (χ2n) is 9.13. The first-order valence-corrected chi connectivity index (χ1v) is 14.7. The number of nitrogens with one attached hydrogen (secondary N) is 1. The van der Waals surface area contributed by atoms with Gasteiger partial charge in [-0.15, -0.1) is 11.3 Å². The summed E-state index contributed by atoms with van der Waals surface area (Å²) >= 11 is 1.08. The fourth-order valence-electron chi connectivity index (χ4n) is 4.58. The van der Waals surface area contributed by atoms with Crippen molar-refractivity contribution < 1.29 is 27.1 Å². The molecule has 1 saturated carbocycles. The number of halogens is 1. The number of hydrogen-bond acceptors (Lipinski definition) is 10. The number of nitrogens with zero attached hydrogens (tertiary/aromatic N) is 4. The van der Waals surface area contributed by atoms with E-state index in [1.165, 1.54) is 25.6 Å². The number of fused-ring (bicyclic) bond motifs is 1. The highest BCUT2D eigenvalue weighted by atomic mass is 32.2. The van der Waals surface area contributed by atoms with Gasteiger partial charge in [0.2, 0.25) is 10.0 Å². The summed E-state index contributed by atoms with van der Waals surface area (Å²) in [4.78, 5) is 22.5. The van der Waals surface area contributed by atoms with E-state index >= 15 is 0 Å². The van der Waals surface area contributed by atoms with Crippen LogP contribution in [0.1, 0.15) is 35.1 Å². The normalized spacial score (nSPS) is 14.1. The van der Waals surface area contributed by atoms with Crippen molar-refractivity contribution in [3.05, 3.63) is 53.0 Å². The molecule has 0 unspecified atom stereocenters. The first kappa shape index (κ1) is 27.5. The number of aromatic nitrogens is 3. The van der Waals surface area contributed by atoms with E-state index in [-0.39, 0.29) is 47.8 Å². The van der Waals surface area contributed by atoms with Crippen molar-refractivity contribution in [3.63, 3.8) is 0 Å². The molecule has 5 rings (SSSR count). The van der Waals surface area contributed by atoms with E-state index in [0.717, 1.165) is 11.3 Å². The number of carbonyl (C=O) groups is 1. The predicted molar refractivity (Wildman–Crippen MR) is 148 cm³/mol. The molecule has 3 aromatic heterocycles. The van der Waals surface area contributed by atoms with Gasteiger partial charge in [-0.2, -0.15) is 5.26 Å². The molecule has 11 nitrogen and oxygen atoms in total. The molecular weight excluding hydrogens is 559 g/mol. The molecule has 0 bridgehead atoms. The van der Waals surface area contributed by atoms with Crippen LogP contribution >= 0.6 is 11.3 Å². The fraction of sp³-hybridized carbons (Fsp3) is 0.308. The minimum absolute atomic E-state index is 0.173. The first-order chi connectivity index (χ1) is 19.1. The molecule has 0 atom stereocenters. The van der Waals surface area contributed by atoms with Crippen LogP contribution in [-0.4, -0.2) is 53.7 Å². The largest absolute Gasteiger partial charge is 0.496 e. The molecule has 1 aromatic carbocycles. The monoisotopic (exact) mass is 584 g/mol. The zero-order valence-electron chi connectivity index (χ0n) is 21.6.